The van der Waals surface area contributed by atoms with Crippen LogP contribution in [0.25, 0.3) is 0 Å². The van der Waals surface area contributed by atoms with Crippen LogP contribution in [0.4, 0.5) is 22.7 Å². The molecular formula is C27H38N4. The average Bonchev–Trinajstić information content (AvgIpc) is 3.18. The minimum atomic E-state index is 1.02. The maximum absolute atomic E-state index is 3.57. The molecule has 0 amide bonds. The van der Waals surface area contributed by atoms with E-state index in [1.807, 2.05) is 0 Å². The summed E-state index contributed by atoms with van der Waals surface area (Å²) in [6, 6.07) is 9.18. The molecule has 0 spiro atoms. The Kier molecular flexibility index (Phi) is 7.19. The average molecular weight is 419 g/mol. The van der Waals surface area contributed by atoms with Crippen LogP contribution in [0.1, 0.15) is 49.9 Å². The van der Waals surface area contributed by atoms with Crippen molar-refractivity contribution in [1.29, 1.82) is 0 Å². The molecule has 0 unspecified atom stereocenters. The number of aryl methyl sites for hydroxylation is 4. The molecule has 4 nitrogen and oxygen atoms in total. The summed E-state index contributed by atoms with van der Waals surface area (Å²) in [6.07, 6.45) is 4.23. The molecule has 0 aliphatic carbocycles. The van der Waals surface area contributed by atoms with Gasteiger partial charge in [0.15, 0.2) is 0 Å². The molecule has 1 aliphatic rings. The summed E-state index contributed by atoms with van der Waals surface area (Å²) >= 11 is 0. The molecule has 3 rings (SSSR count). The summed E-state index contributed by atoms with van der Waals surface area (Å²) in [7, 11) is 0. The van der Waals surface area contributed by atoms with Crippen LogP contribution >= 0.6 is 0 Å². The molecule has 166 valence electrons. The number of nitrogens with zero attached hydrogens (tertiary/aromatic N) is 4. The third-order valence-electron chi connectivity index (χ3n) is 6.27. The van der Waals surface area contributed by atoms with Gasteiger partial charge in [0.1, 0.15) is 0 Å². The van der Waals surface area contributed by atoms with E-state index in [1.165, 1.54) is 45.0 Å². The van der Waals surface area contributed by atoms with Crippen molar-refractivity contribution in [2.24, 2.45) is 0 Å². The van der Waals surface area contributed by atoms with Crippen LogP contribution in [0.15, 0.2) is 36.7 Å². The maximum Gasteiger partial charge on any atom is 0.217 e. The van der Waals surface area contributed by atoms with Gasteiger partial charge in [-0.05, 0) is 102 Å². The van der Waals surface area contributed by atoms with Crippen molar-refractivity contribution >= 4 is 22.7 Å². The van der Waals surface area contributed by atoms with Gasteiger partial charge in [-0.2, -0.15) is 0 Å². The molecule has 0 fully saturated rings. The van der Waals surface area contributed by atoms with E-state index >= 15 is 0 Å². The first-order valence-corrected chi connectivity index (χ1v) is 11.6. The molecule has 31 heavy (non-hydrogen) atoms. The lowest BCUT2D eigenvalue weighted by molar-refractivity contribution is 0.864. The van der Waals surface area contributed by atoms with Gasteiger partial charge in [0.05, 0.1) is 0 Å². The first-order chi connectivity index (χ1) is 14.8. The van der Waals surface area contributed by atoms with Crippen molar-refractivity contribution < 1.29 is 0 Å². The molecule has 0 N–H and O–H groups in total. The fourth-order valence-electron chi connectivity index (χ4n) is 4.73. The fourth-order valence-corrected chi connectivity index (χ4v) is 4.73. The van der Waals surface area contributed by atoms with E-state index in [0.29, 0.717) is 0 Å². The van der Waals surface area contributed by atoms with E-state index < -0.39 is 0 Å². The molecule has 0 bridgehead atoms. The molecule has 4 heteroatoms. The van der Waals surface area contributed by atoms with Gasteiger partial charge in [-0.25, -0.2) is 0 Å². The Bertz CT molecular complexity index is 817. The van der Waals surface area contributed by atoms with Crippen molar-refractivity contribution in [3.05, 3.63) is 65.6 Å². The van der Waals surface area contributed by atoms with Crippen LogP contribution in [0, 0.1) is 34.4 Å². The van der Waals surface area contributed by atoms with Crippen LogP contribution < -0.4 is 19.6 Å². The lowest BCUT2D eigenvalue weighted by Gasteiger charge is -2.28. The summed E-state index contributed by atoms with van der Waals surface area (Å²) in [4.78, 5) is 9.06. The Morgan fingerprint density at radius 3 is 1.13 bits per heavy atom. The minimum Gasteiger partial charge on any atom is -0.372 e. The molecule has 2 aromatic rings. The van der Waals surface area contributed by atoms with Crippen LogP contribution in [0.5, 0.6) is 0 Å². The molecule has 2 radical (unpaired) electrons. The van der Waals surface area contributed by atoms with Crippen LogP contribution in [0.2, 0.25) is 0 Å². The third kappa shape index (κ3) is 4.53. The monoisotopic (exact) mass is 418 g/mol. The van der Waals surface area contributed by atoms with Crippen molar-refractivity contribution in [1.82, 2.24) is 0 Å². The molecule has 0 saturated carbocycles. The molecule has 1 heterocycles. The zero-order valence-electron chi connectivity index (χ0n) is 20.6. The standard InChI is InChI=1S/C27H38N4/c1-9-28(10-2)24-15-20(5)26(21(6)16-24)30-13-14-31(19-30)27-22(7)17-25(18-23(27)8)29(11-3)12-4/h13-18H,9-12H2,1-8H3. The molecule has 0 saturated heterocycles. The molecule has 0 aromatic heterocycles. The first-order valence-electron chi connectivity index (χ1n) is 11.6. The smallest absolute Gasteiger partial charge is 0.217 e. The van der Waals surface area contributed by atoms with E-state index in [9.17, 15) is 0 Å². The SMILES string of the molecule is CCN(CC)c1cc(C)c(N2[C]N(c3c(C)cc(N(CC)CC)cc3C)C=C2)c(C)c1. The van der Waals surface area contributed by atoms with Gasteiger partial charge in [0.2, 0.25) is 6.67 Å². The molecule has 2 aromatic carbocycles. The number of benzene rings is 2. The van der Waals surface area contributed by atoms with Gasteiger partial charge in [0, 0.05) is 61.3 Å². The van der Waals surface area contributed by atoms with Crippen molar-refractivity contribution in [3.8, 4) is 0 Å². The zero-order valence-corrected chi connectivity index (χ0v) is 20.6. The predicted octanol–water partition coefficient (Wildman–Crippen LogP) is 6.41. The Morgan fingerprint density at radius 2 is 0.871 bits per heavy atom. The van der Waals surface area contributed by atoms with Gasteiger partial charge in [-0.15, -0.1) is 0 Å². The zero-order chi connectivity index (χ0) is 22.7. The molecule has 1 aliphatic heterocycles. The van der Waals surface area contributed by atoms with Crippen molar-refractivity contribution in [2.75, 3.05) is 45.8 Å². The predicted molar refractivity (Wildman–Crippen MR) is 136 cm³/mol. The second-order valence-electron chi connectivity index (χ2n) is 8.34. The maximum atomic E-state index is 3.57. The van der Waals surface area contributed by atoms with E-state index in [0.717, 1.165) is 26.2 Å². The largest absolute Gasteiger partial charge is 0.372 e. The summed E-state index contributed by atoms with van der Waals surface area (Å²) < 4.78 is 0. The summed E-state index contributed by atoms with van der Waals surface area (Å²) in [5.74, 6) is 0. The Balaban J connectivity index is 1.87. The lowest BCUT2D eigenvalue weighted by Crippen LogP contribution is -2.24. The highest BCUT2D eigenvalue weighted by Crippen LogP contribution is 2.37. The van der Waals surface area contributed by atoms with E-state index in [2.05, 4.69) is 118 Å². The fraction of sp³-hybridized carbons (Fsp3) is 0.444. The van der Waals surface area contributed by atoms with Crippen LogP contribution in [-0.2, 0) is 0 Å². The van der Waals surface area contributed by atoms with Crippen LogP contribution in [-0.4, -0.2) is 26.2 Å². The first kappa shape index (κ1) is 23.1. The molecule has 0 atom stereocenters. The van der Waals surface area contributed by atoms with Gasteiger partial charge in [-0.3, -0.25) is 0 Å². The van der Waals surface area contributed by atoms with Crippen molar-refractivity contribution in [3.63, 3.8) is 0 Å². The quantitative estimate of drug-likeness (QED) is 0.491. The second kappa shape index (κ2) is 9.67. The number of hydrogen-bond donors (Lipinski definition) is 0. The number of rotatable bonds is 8. The van der Waals surface area contributed by atoms with Gasteiger partial charge < -0.3 is 19.6 Å². The van der Waals surface area contributed by atoms with E-state index in [1.54, 1.807) is 0 Å². The van der Waals surface area contributed by atoms with Crippen molar-refractivity contribution in [2.45, 2.75) is 55.4 Å². The Labute approximate surface area is 189 Å². The normalized spacial score (nSPS) is 13.3. The second-order valence-corrected chi connectivity index (χ2v) is 8.34. The molecular weight excluding hydrogens is 380 g/mol. The topological polar surface area (TPSA) is 13.0 Å². The van der Waals surface area contributed by atoms with E-state index in [-0.39, 0.29) is 0 Å². The summed E-state index contributed by atoms with van der Waals surface area (Å²) in [5, 5.41) is 0. The number of anilines is 4. The number of hydrogen-bond acceptors (Lipinski definition) is 4. The highest BCUT2D eigenvalue weighted by Gasteiger charge is 2.24. The third-order valence-corrected chi connectivity index (χ3v) is 6.27. The van der Waals surface area contributed by atoms with E-state index in [4.69, 9.17) is 0 Å². The highest BCUT2D eigenvalue weighted by atomic mass is 15.3. The Morgan fingerprint density at radius 1 is 0.581 bits per heavy atom. The van der Waals surface area contributed by atoms with Gasteiger partial charge in [-0.1, -0.05) is 0 Å². The minimum absolute atomic E-state index is 1.02. The van der Waals surface area contributed by atoms with Gasteiger partial charge >= 0.3 is 0 Å². The van der Waals surface area contributed by atoms with Gasteiger partial charge in [0.25, 0.3) is 0 Å². The lowest BCUT2D eigenvalue weighted by atomic mass is 10.1. The highest BCUT2D eigenvalue weighted by molar-refractivity contribution is 5.74. The van der Waals surface area contributed by atoms with Crippen LogP contribution in [0.3, 0.4) is 0 Å². The summed E-state index contributed by atoms with van der Waals surface area (Å²) in [6.45, 7) is 25.3. The summed E-state index contributed by atoms with van der Waals surface area (Å²) in [5.41, 5.74) is 10.1. The Hall–Kier alpha value is -2.62.